The van der Waals surface area contributed by atoms with E-state index in [-0.39, 0.29) is 23.6 Å². The summed E-state index contributed by atoms with van der Waals surface area (Å²) < 4.78 is 7.20. The molecule has 3 heterocycles. The Morgan fingerprint density at radius 3 is 2.63 bits per heavy atom. The van der Waals surface area contributed by atoms with E-state index in [2.05, 4.69) is 15.2 Å². The molecule has 0 aliphatic heterocycles. The predicted octanol–water partition coefficient (Wildman–Crippen LogP) is 1.69. The number of hydrogen-bond donors (Lipinski definition) is 0. The van der Waals surface area contributed by atoms with Gasteiger partial charge in [0, 0.05) is 0 Å². The average molecular weight is 375 g/mol. The van der Waals surface area contributed by atoms with Gasteiger partial charge in [-0.3, -0.25) is 20.2 Å². The Balaban J connectivity index is 2.02. The van der Waals surface area contributed by atoms with Crippen LogP contribution in [0.25, 0.3) is 11.3 Å². The topological polar surface area (TPSA) is 161 Å². The second kappa shape index (κ2) is 7.15. The third-order valence-electron chi connectivity index (χ3n) is 3.59. The number of nitrogens with zero attached hydrogens (tertiary/aromatic N) is 7. The maximum absolute atomic E-state index is 12.1. The zero-order valence-corrected chi connectivity index (χ0v) is 14.0. The number of esters is 1. The summed E-state index contributed by atoms with van der Waals surface area (Å²) in [6.07, 6.45) is 6.16. The second-order valence-corrected chi connectivity index (χ2v) is 5.42. The summed E-state index contributed by atoms with van der Waals surface area (Å²) in [4.78, 5) is 36.8. The Labute approximate surface area is 150 Å². The van der Waals surface area contributed by atoms with Crippen LogP contribution < -0.4 is 0 Å². The van der Waals surface area contributed by atoms with E-state index in [1.165, 1.54) is 12.4 Å². The van der Waals surface area contributed by atoms with Crippen molar-refractivity contribution in [1.82, 2.24) is 24.4 Å². The molecule has 0 aliphatic rings. The predicted molar refractivity (Wildman–Crippen MR) is 88.6 cm³/mol. The summed E-state index contributed by atoms with van der Waals surface area (Å²) in [7, 11) is 0. The first-order valence-electron chi connectivity index (χ1n) is 7.81. The van der Waals surface area contributed by atoms with Gasteiger partial charge in [0.2, 0.25) is 5.65 Å². The van der Waals surface area contributed by atoms with E-state index in [4.69, 9.17) is 4.74 Å². The highest BCUT2D eigenvalue weighted by atomic mass is 16.6. The first-order chi connectivity index (χ1) is 12.9. The van der Waals surface area contributed by atoms with Gasteiger partial charge in [0.25, 0.3) is 5.69 Å². The van der Waals surface area contributed by atoms with Gasteiger partial charge in [-0.05, 0) is 6.42 Å². The van der Waals surface area contributed by atoms with Crippen molar-refractivity contribution in [2.75, 3.05) is 6.61 Å². The van der Waals surface area contributed by atoms with Crippen molar-refractivity contribution in [3.63, 3.8) is 0 Å². The minimum atomic E-state index is -0.920. The maximum atomic E-state index is 12.1. The standard InChI is InChI=1S/C14H13N7O6/c1-2-3-4-27-14(22)11-12(21(25)26)13-15-5-9(7-19(13)17-11)18-8-10(6-16-18)20(23)24/h5-8H,2-4H2,1H3. The number of unbranched alkanes of at least 4 members (excludes halogenated alkanes) is 1. The number of nitro groups is 2. The molecule has 3 rings (SSSR count). The summed E-state index contributed by atoms with van der Waals surface area (Å²) in [6, 6.07) is 0. The van der Waals surface area contributed by atoms with Crippen LogP contribution in [0.3, 0.4) is 0 Å². The number of hydrogen-bond acceptors (Lipinski definition) is 9. The molecule has 0 radical (unpaired) electrons. The lowest BCUT2D eigenvalue weighted by Crippen LogP contribution is -2.09. The van der Waals surface area contributed by atoms with Crippen LogP contribution in [-0.2, 0) is 4.74 Å². The highest BCUT2D eigenvalue weighted by Gasteiger charge is 2.31. The van der Waals surface area contributed by atoms with Crippen LogP contribution >= 0.6 is 0 Å². The summed E-state index contributed by atoms with van der Waals surface area (Å²) in [5, 5.41) is 29.9. The minimum absolute atomic E-state index is 0.121. The molecule has 0 saturated heterocycles. The van der Waals surface area contributed by atoms with E-state index in [0.29, 0.717) is 6.42 Å². The fraction of sp³-hybridized carbons (Fsp3) is 0.286. The van der Waals surface area contributed by atoms with Crippen LogP contribution in [0, 0.1) is 20.2 Å². The van der Waals surface area contributed by atoms with Crippen molar-refractivity contribution in [3.8, 4) is 5.69 Å². The zero-order valence-electron chi connectivity index (χ0n) is 14.0. The molecule has 0 amide bonds. The molecule has 0 spiro atoms. The number of rotatable bonds is 7. The molecule has 0 unspecified atom stereocenters. The molecule has 0 saturated carbocycles. The van der Waals surface area contributed by atoms with Gasteiger partial charge < -0.3 is 4.74 Å². The Hall–Kier alpha value is -3.90. The third kappa shape index (κ3) is 3.42. The van der Waals surface area contributed by atoms with Crippen LogP contribution in [0.5, 0.6) is 0 Å². The highest BCUT2D eigenvalue weighted by molar-refractivity contribution is 5.95. The number of aromatic nitrogens is 5. The van der Waals surface area contributed by atoms with Crippen molar-refractivity contribution in [2.24, 2.45) is 0 Å². The van der Waals surface area contributed by atoms with Gasteiger partial charge in [-0.15, -0.1) is 0 Å². The summed E-state index contributed by atoms with van der Waals surface area (Å²) in [5.41, 5.74) is -1.17. The van der Waals surface area contributed by atoms with Crippen LogP contribution in [-0.4, -0.2) is 46.8 Å². The van der Waals surface area contributed by atoms with Gasteiger partial charge in [0.15, 0.2) is 0 Å². The zero-order chi connectivity index (χ0) is 19.6. The van der Waals surface area contributed by atoms with Crippen molar-refractivity contribution in [1.29, 1.82) is 0 Å². The Kier molecular flexibility index (Phi) is 4.74. The summed E-state index contributed by atoms with van der Waals surface area (Å²) in [5.74, 6) is -0.920. The molecular weight excluding hydrogens is 362 g/mol. The molecule has 0 fully saturated rings. The van der Waals surface area contributed by atoms with E-state index in [1.807, 2.05) is 6.92 Å². The quantitative estimate of drug-likeness (QED) is 0.259. The van der Waals surface area contributed by atoms with E-state index in [0.717, 1.165) is 28.0 Å². The van der Waals surface area contributed by atoms with E-state index >= 15 is 0 Å². The molecule has 3 aromatic heterocycles. The lowest BCUT2D eigenvalue weighted by atomic mass is 10.3. The first kappa shape index (κ1) is 17.9. The van der Waals surface area contributed by atoms with Crippen molar-refractivity contribution in [3.05, 3.63) is 50.7 Å². The van der Waals surface area contributed by atoms with E-state index < -0.39 is 27.2 Å². The number of carbonyl (C=O) groups excluding carboxylic acids is 1. The Morgan fingerprint density at radius 1 is 1.22 bits per heavy atom. The van der Waals surface area contributed by atoms with Gasteiger partial charge in [0.05, 0.1) is 28.8 Å². The highest BCUT2D eigenvalue weighted by Crippen LogP contribution is 2.25. The smallest absolute Gasteiger partial charge is 0.366 e. The van der Waals surface area contributed by atoms with Gasteiger partial charge in [-0.1, -0.05) is 13.3 Å². The molecule has 0 N–H and O–H groups in total. The summed E-state index contributed by atoms with van der Waals surface area (Å²) in [6.45, 7) is 2.03. The van der Waals surface area contributed by atoms with Gasteiger partial charge in [-0.2, -0.15) is 10.2 Å². The SMILES string of the molecule is CCCCOC(=O)c1nn2cc(-n3cc([N+](=O)[O-])cn3)cnc2c1[N+](=O)[O-]. The number of ether oxygens (including phenoxy) is 1. The van der Waals surface area contributed by atoms with Gasteiger partial charge in [0.1, 0.15) is 18.1 Å². The molecule has 0 aliphatic carbocycles. The third-order valence-corrected chi connectivity index (χ3v) is 3.59. The van der Waals surface area contributed by atoms with E-state index in [9.17, 15) is 25.0 Å². The van der Waals surface area contributed by atoms with Gasteiger partial charge in [-0.25, -0.2) is 19.0 Å². The van der Waals surface area contributed by atoms with Gasteiger partial charge >= 0.3 is 17.3 Å². The summed E-state index contributed by atoms with van der Waals surface area (Å²) >= 11 is 0. The fourth-order valence-corrected chi connectivity index (χ4v) is 2.26. The molecule has 13 nitrogen and oxygen atoms in total. The molecule has 140 valence electrons. The van der Waals surface area contributed by atoms with Crippen molar-refractivity contribution < 1.29 is 19.4 Å². The first-order valence-corrected chi connectivity index (χ1v) is 7.81. The van der Waals surface area contributed by atoms with Crippen molar-refractivity contribution in [2.45, 2.75) is 19.8 Å². The molecule has 0 bridgehead atoms. The Morgan fingerprint density at radius 2 is 2.00 bits per heavy atom. The van der Waals surface area contributed by atoms with Crippen molar-refractivity contribution >= 4 is 23.0 Å². The fourth-order valence-electron chi connectivity index (χ4n) is 2.26. The molecule has 0 atom stereocenters. The van der Waals surface area contributed by atoms with E-state index in [1.54, 1.807) is 0 Å². The van der Waals surface area contributed by atoms with Crippen LogP contribution in [0.2, 0.25) is 0 Å². The second-order valence-electron chi connectivity index (χ2n) is 5.42. The molecule has 27 heavy (non-hydrogen) atoms. The number of carbonyl (C=O) groups is 1. The largest absolute Gasteiger partial charge is 0.461 e. The molecule has 13 heteroatoms. The average Bonchev–Trinajstić information content (AvgIpc) is 3.26. The minimum Gasteiger partial charge on any atom is -0.461 e. The lowest BCUT2D eigenvalue weighted by Gasteiger charge is -2.00. The van der Waals surface area contributed by atoms with Crippen LogP contribution in [0.1, 0.15) is 30.3 Å². The normalized spacial score (nSPS) is 10.9. The van der Waals surface area contributed by atoms with Crippen LogP contribution in [0.4, 0.5) is 11.4 Å². The number of fused-ring (bicyclic) bond motifs is 1. The monoisotopic (exact) mass is 375 g/mol. The Bertz CT molecular complexity index is 1040. The van der Waals surface area contributed by atoms with Crippen LogP contribution in [0.15, 0.2) is 24.8 Å². The molecule has 0 aromatic carbocycles. The maximum Gasteiger partial charge on any atom is 0.366 e. The lowest BCUT2D eigenvalue weighted by molar-refractivity contribution is -0.384. The molecular formula is C14H13N7O6. The molecule has 3 aromatic rings.